The Morgan fingerprint density at radius 1 is 0.757 bits per heavy atom. The van der Waals surface area contributed by atoms with Gasteiger partial charge < -0.3 is 9.47 Å². The SMILES string of the molecule is CC(=O)c1ccc(-c2cccc(C(C)(C)CCC(C)(C)c3ccc(-c4ccc5c(c4)OCCO5)s3)c2)s1. The van der Waals surface area contributed by atoms with E-state index in [1.165, 1.54) is 26.4 Å². The van der Waals surface area contributed by atoms with Crippen molar-refractivity contribution in [2.75, 3.05) is 13.2 Å². The smallest absolute Gasteiger partial charge is 0.169 e. The molecule has 0 N–H and O–H groups in total. The van der Waals surface area contributed by atoms with Gasteiger partial charge in [-0.3, -0.25) is 4.79 Å². The van der Waals surface area contributed by atoms with Crippen LogP contribution in [-0.4, -0.2) is 19.0 Å². The topological polar surface area (TPSA) is 35.5 Å². The average Bonchev–Trinajstić information content (AvgIpc) is 3.59. The highest BCUT2D eigenvalue weighted by Gasteiger charge is 2.29. The standard InChI is InChI=1S/C32H34O3S2/c1-21(33)27-11-12-28(36-27)22-7-6-8-24(19-22)31(2,3)15-16-32(4,5)30-14-13-29(37-30)23-9-10-25-26(20-23)35-18-17-34-25/h6-14,19-20H,15-18H2,1-5H3. The van der Waals surface area contributed by atoms with Crippen LogP contribution in [-0.2, 0) is 10.8 Å². The predicted molar refractivity (Wildman–Crippen MR) is 156 cm³/mol. The number of hydrogen-bond donors (Lipinski definition) is 0. The van der Waals surface area contributed by atoms with Crippen LogP contribution in [0.4, 0.5) is 0 Å². The average molecular weight is 531 g/mol. The molecule has 0 fully saturated rings. The third-order valence-electron chi connectivity index (χ3n) is 7.36. The Hall–Kier alpha value is -2.89. The normalized spacial score (nSPS) is 13.5. The first-order chi connectivity index (χ1) is 17.6. The van der Waals surface area contributed by atoms with Crippen molar-refractivity contribution in [3.8, 4) is 32.4 Å². The molecular weight excluding hydrogens is 496 g/mol. The third kappa shape index (κ3) is 5.53. The summed E-state index contributed by atoms with van der Waals surface area (Å²) in [5.41, 5.74) is 3.79. The van der Waals surface area contributed by atoms with E-state index in [0.717, 1.165) is 34.1 Å². The van der Waals surface area contributed by atoms with E-state index >= 15 is 0 Å². The number of fused-ring (bicyclic) bond motifs is 1. The maximum atomic E-state index is 11.8. The second-order valence-corrected chi connectivity index (χ2v) is 13.3. The molecule has 5 rings (SSSR count). The van der Waals surface area contributed by atoms with Gasteiger partial charge in [0.1, 0.15) is 13.2 Å². The zero-order valence-electron chi connectivity index (χ0n) is 22.2. The first-order valence-electron chi connectivity index (χ1n) is 12.8. The van der Waals surface area contributed by atoms with Crippen molar-refractivity contribution in [3.63, 3.8) is 0 Å². The van der Waals surface area contributed by atoms with Crippen LogP contribution >= 0.6 is 22.7 Å². The number of ketones is 1. The van der Waals surface area contributed by atoms with Gasteiger partial charge in [0, 0.05) is 14.6 Å². The molecule has 0 aliphatic carbocycles. The Balaban J connectivity index is 1.30. The van der Waals surface area contributed by atoms with Crippen LogP contribution < -0.4 is 9.47 Å². The minimum atomic E-state index is 0.0316. The molecule has 0 saturated carbocycles. The molecule has 0 saturated heterocycles. The maximum absolute atomic E-state index is 11.8. The number of ether oxygens (including phenoxy) is 2. The van der Waals surface area contributed by atoms with Gasteiger partial charge in [0.05, 0.1) is 4.88 Å². The second kappa shape index (κ2) is 10.1. The first kappa shape index (κ1) is 25.7. The highest BCUT2D eigenvalue weighted by atomic mass is 32.1. The zero-order valence-corrected chi connectivity index (χ0v) is 23.9. The summed E-state index contributed by atoms with van der Waals surface area (Å²) in [6, 6.07) is 23.6. The number of thiophene rings is 2. The summed E-state index contributed by atoms with van der Waals surface area (Å²) in [5.74, 6) is 1.79. The lowest BCUT2D eigenvalue weighted by Gasteiger charge is -2.31. The number of carbonyl (C=O) groups is 1. The summed E-state index contributed by atoms with van der Waals surface area (Å²) in [5, 5.41) is 0. The molecule has 2 aromatic heterocycles. The lowest BCUT2D eigenvalue weighted by molar-refractivity contribution is 0.102. The molecule has 0 amide bonds. The molecule has 37 heavy (non-hydrogen) atoms. The molecule has 0 spiro atoms. The molecule has 4 aromatic rings. The van der Waals surface area contributed by atoms with E-state index in [9.17, 15) is 4.79 Å². The van der Waals surface area contributed by atoms with Crippen LogP contribution in [0.25, 0.3) is 20.9 Å². The Morgan fingerprint density at radius 2 is 1.43 bits per heavy atom. The van der Waals surface area contributed by atoms with Gasteiger partial charge in [0.15, 0.2) is 17.3 Å². The molecule has 2 aromatic carbocycles. The Morgan fingerprint density at radius 3 is 2.19 bits per heavy atom. The van der Waals surface area contributed by atoms with Gasteiger partial charge in [-0.15, -0.1) is 22.7 Å². The second-order valence-electron chi connectivity index (χ2n) is 11.1. The Bertz CT molecular complexity index is 1420. The van der Waals surface area contributed by atoms with E-state index in [-0.39, 0.29) is 16.6 Å². The van der Waals surface area contributed by atoms with E-state index in [2.05, 4.69) is 82.3 Å². The van der Waals surface area contributed by atoms with Crippen molar-refractivity contribution in [1.29, 1.82) is 0 Å². The monoisotopic (exact) mass is 530 g/mol. The number of benzene rings is 2. The summed E-state index contributed by atoms with van der Waals surface area (Å²) in [7, 11) is 0. The number of hydrogen-bond acceptors (Lipinski definition) is 5. The summed E-state index contributed by atoms with van der Waals surface area (Å²) in [6.07, 6.45) is 2.16. The molecule has 1 aliphatic rings. The van der Waals surface area contributed by atoms with Crippen LogP contribution in [0.5, 0.6) is 11.5 Å². The molecule has 3 heterocycles. The lowest BCUT2D eigenvalue weighted by Crippen LogP contribution is -2.23. The van der Waals surface area contributed by atoms with Gasteiger partial charge in [0.2, 0.25) is 0 Å². The van der Waals surface area contributed by atoms with Gasteiger partial charge in [-0.1, -0.05) is 45.9 Å². The van der Waals surface area contributed by atoms with Crippen molar-refractivity contribution >= 4 is 28.5 Å². The van der Waals surface area contributed by atoms with Crippen molar-refractivity contribution in [2.24, 2.45) is 0 Å². The molecule has 0 bridgehead atoms. The summed E-state index contributed by atoms with van der Waals surface area (Å²) in [4.78, 5) is 16.4. The van der Waals surface area contributed by atoms with E-state index in [1.807, 2.05) is 23.5 Å². The molecular formula is C32H34O3S2. The molecule has 192 valence electrons. The van der Waals surface area contributed by atoms with Crippen LogP contribution in [0.3, 0.4) is 0 Å². The highest BCUT2D eigenvalue weighted by Crippen LogP contribution is 2.43. The quantitative estimate of drug-likeness (QED) is 0.213. The van der Waals surface area contributed by atoms with Crippen molar-refractivity contribution in [3.05, 3.63) is 82.0 Å². The fourth-order valence-electron chi connectivity index (χ4n) is 4.72. The fourth-order valence-corrected chi connectivity index (χ4v) is 6.75. The number of carbonyl (C=O) groups excluding carboxylic acids is 1. The van der Waals surface area contributed by atoms with E-state index in [4.69, 9.17) is 9.47 Å². The highest BCUT2D eigenvalue weighted by molar-refractivity contribution is 7.17. The molecule has 0 radical (unpaired) electrons. The first-order valence-corrected chi connectivity index (χ1v) is 14.5. The third-order valence-corrected chi connectivity index (χ3v) is 10.1. The molecule has 3 nitrogen and oxygen atoms in total. The number of rotatable bonds is 8. The molecule has 5 heteroatoms. The summed E-state index contributed by atoms with van der Waals surface area (Å²) in [6.45, 7) is 12.2. The van der Waals surface area contributed by atoms with Crippen LogP contribution in [0.1, 0.15) is 67.6 Å². The largest absolute Gasteiger partial charge is 0.486 e. The van der Waals surface area contributed by atoms with E-state index < -0.39 is 0 Å². The van der Waals surface area contributed by atoms with Crippen molar-refractivity contribution < 1.29 is 14.3 Å². The van der Waals surface area contributed by atoms with Crippen molar-refractivity contribution in [1.82, 2.24) is 0 Å². The van der Waals surface area contributed by atoms with Gasteiger partial charge in [0.25, 0.3) is 0 Å². The summed E-state index contributed by atoms with van der Waals surface area (Å²) < 4.78 is 11.5. The Labute approximate surface area is 228 Å². The molecule has 1 aliphatic heterocycles. The summed E-state index contributed by atoms with van der Waals surface area (Å²) >= 11 is 3.45. The molecule has 0 atom stereocenters. The molecule has 0 unspecified atom stereocenters. The fraction of sp³-hybridized carbons (Fsp3) is 0.344. The minimum absolute atomic E-state index is 0.0316. The zero-order chi connectivity index (χ0) is 26.2. The lowest BCUT2D eigenvalue weighted by atomic mass is 9.74. The van der Waals surface area contributed by atoms with Crippen LogP contribution in [0.2, 0.25) is 0 Å². The maximum Gasteiger partial charge on any atom is 0.169 e. The van der Waals surface area contributed by atoms with Crippen LogP contribution in [0.15, 0.2) is 66.7 Å². The number of Topliss-reactive ketones (excluding diaryl/α,β-unsaturated/α-hetero) is 1. The van der Waals surface area contributed by atoms with E-state index in [1.54, 1.807) is 18.3 Å². The van der Waals surface area contributed by atoms with Gasteiger partial charge in [-0.25, -0.2) is 0 Å². The van der Waals surface area contributed by atoms with Crippen molar-refractivity contribution in [2.45, 2.75) is 58.3 Å². The minimum Gasteiger partial charge on any atom is -0.486 e. The van der Waals surface area contributed by atoms with Gasteiger partial charge >= 0.3 is 0 Å². The van der Waals surface area contributed by atoms with E-state index in [0.29, 0.717) is 13.2 Å². The predicted octanol–water partition coefficient (Wildman–Crippen LogP) is 9.15. The Kier molecular flexibility index (Phi) is 7.03. The van der Waals surface area contributed by atoms with Crippen LogP contribution in [0, 0.1) is 0 Å². The van der Waals surface area contributed by atoms with Gasteiger partial charge in [-0.05, 0) is 95.8 Å². The van der Waals surface area contributed by atoms with Gasteiger partial charge in [-0.2, -0.15) is 0 Å².